The molecular weight excluding hydrogens is 246 g/mol. The molecule has 1 aliphatic rings. The van der Waals surface area contributed by atoms with Crippen LogP contribution in [0.4, 0.5) is 0 Å². The Morgan fingerprint density at radius 2 is 1.60 bits per heavy atom. The minimum Gasteiger partial charge on any atom is -0.380 e. The number of nitrogens with one attached hydrogen (secondary N) is 1. The number of allylic oxidation sites excluding steroid dienone is 1. The zero-order valence-corrected chi connectivity index (χ0v) is 11.3. The fraction of sp³-hybridized carbons (Fsp3) is 0.167. The standard InChI is InChI=1S/C18H17NO/c20-17-11-12-19-18(14-17,16-9-5-2-6-10-16)13-15-7-3-1-4-8-15/h1-12,19H,13-14H2. The second-order valence-electron chi connectivity index (χ2n) is 5.23. The summed E-state index contributed by atoms with van der Waals surface area (Å²) >= 11 is 0. The second kappa shape index (κ2) is 5.33. The van der Waals surface area contributed by atoms with Crippen LogP contribution < -0.4 is 5.32 Å². The molecule has 0 aromatic heterocycles. The van der Waals surface area contributed by atoms with E-state index in [2.05, 4.69) is 29.6 Å². The fourth-order valence-electron chi connectivity index (χ4n) is 2.80. The van der Waals surface area contributed by atoms with Crippen molar-refractivity contribution in [1.82, 2.24) is 5.32 Å². The zero-order chi connectivity index (χ0) is 13.8. The first-order valence-corrected chi connectivity index (χ1v) is 6.85. The third-order valence-electron chi connectivity index (χ3n) is 3.78. The molecule has 0 amide bonds. The highest BCUT2D eigenvalue weighted by Gasteiger charge is 2.35. The molecule has 3 rings (SSSR count). The summed E-state index contributed by atoms with van der Waals surface area (Å²) in [5.74, 6) is 0.170. The molecule has 0 bridgehead atoms. The monoisotopic (exact) mass is 263 g/mol. The zero-order valence-electron chi connectivity index (χ0n) is 11.3. The van der Waals surface area contributed by atoms with Crippen molar-refractivity contribution in [2.24, 2.45) is 0 Å². The van der Waals surface area contributed by atoms with Crippen LogP contribution in [0.5, 0.6) is 0 Å². The van der Waals surface area contributed by atoms with Gasteiger partial charge in [-0.2, -0.15) is 0 Å². The van der Waals surface area contributed by atoms with E-state index in [0.29, 0.717) is 6.42 Å². The Hall–Kier alpha value is -2.35. The van der Waals surface area contributed by atoms with Gasteiger partial charge in [0.1, 0.15) is 0 Å². The van der Waals surface area contributed by atoms with Crippen LogP contribution in [-0.2, 0) is 16.8 Å². The van der Waals surface area contributed by atoms with Crippen LogP contribution in [0, 0.1) is 0 Å². The highest BCUT2D eigenvalue weighted by molar-refractivity contribution is 5.91. The molecule has 2 nitrogen and oxygen atoms in total. The van der Waals surface area contributed by atoms with Crippen LogP contribution in [0.3, 0.4) is 0 Å². The summed E-state index contributed by atoms with van der Waals surface area (Å²) in [6, 6.07) is 20.5. The number of rotatable bonds is 3. The van der Waals surface area contributed by atoms with E-state index in [4.69, 9.17) is 0 Å². The minimum absolute atomic E-state index is 0.170. The average Bonchev–Trinajstić information content (AvgIpc) is 2.49. The lowest BCUT2D eigenvalue weighted by Gasteiger charge is -2.36. The molecule has 0 spiro atoms. The smallest absolute Gasteiger partial charge is 0.159 e. The molecule has 0 saturated heterocycles. The Bertz CT molecular complexity index is 618. The van der Waals surface area contributed by atoms with E-state index >= 15 is 0 Å². The van der Waals surface area contributed by atoms with Gasteiger partial charge in [-0.05, 0) is 17.2 Å². The van der Waals surface area contributed by atoms with Crippen LogP contribution in [0.25, 0.3) is 0 Å². The van der Waals surface area contributed by atoms with E-state index in [9.17, 15) is 4.79 Å². The van der Waals surface area contributed by atoms with Crippen LogP contribution in [0.2, 0.25) is 0 Å². The Kier molecular flexibility index (Phi) is 3.38. The number of hydrogen-bond donors (Lipinski definition) is 1. The van der Waals surface area contributed by atoms with Gasteiger partial charge in [0.25, 0.3) is 0 Å². The predicted molar refractivity (Wildman–Crippen MR) is 80.2 cm³/mol. The first kappa shape index (κ1) is 12.7. The van der Waals surface area contributed by atoms with Crippen molar-refractivity contribution in [1.29, 1.82) is 0 Å². The van der Waals surface area contributed by atoms with Crippen molar-refractivity contribution in [3.8, 4) is 0 Å². The largest absolute Gasteiger partial charge is 0.380 e. The molecule has 1 unspecified atom stereocenters. The number of benzene rings is 2. The molecular formula is C18H17NO. The molecule has 2 aromatic carbocycles. The van der Waals surface area contributed by atoms with Crippen molar-refractivity contribution in [2.75, 3.05) is 0 Å². The Morgan fingerprint density at radius 3 is 2.25 bits per heavy atom. The van der Waals surface area contributed by atoms with Crippen molar-refractivity contribution in [2.45, 2.75) is 18.4 Å². The third kappa shape index (κ3) is 2.50. The molecule has 100 valence electrons. The number of hydrogen-bond acceptors (Lipinski definition) is 2. The summed E-state index contributed by atoms with van der Waals surface area (Å²) in [5, 5.41) is 3.43. The quantitative estimate of drug-likeness (QED) is 0.921. The molecule has 0 fully saturated rings. The molecule has 2 heteroatoms. The SMILES string of the molecule is O=C1C=CNC(Cc2ccccc2)(c2ccccc2)C1. The van der Waals surface area contributed by atoms with Gasteiger partial charge < -0.3 is 5.32 Å². The van der Waals surface area contributed by atoms with Crippen LogP contribution in [0.1, 0.15) is 17.5 Å². The predicted octanol–water partition coefficient (Wildman–Crippen LogP) is 3.20. The number of carbonyl (C=O) groups excluding carboxylic acids is 1. The van der Waals surface area contributed by atoms with Gasteiger partial charge in [0.05, 0.1) is 5.54 Å². The van der Waals surface area contributed by atoms with E-state index in [1.54, 1.807) is 12.3 Å². The van der Waals surface area contributed by atoms with Crippen molar-refractivity contribution in [3.63, 3.8) is 0 Å². The van der Waals surface area contributed by atoms with Gasteiger partial charge in [-0.1, -0.05) is 60.7 Å². The van der Waals surface area contributed by atoms with Gasteiger partial charge in [-0.25, -0.2) is 0 Å². The summed E-state index contributed by atoms with van der Waals surface area (Å²) in [6.45, 7) is 0. The lowest BCUT2D eigenvalue weighted by atomic mass is 9.78. The van der Waals surface area contributed by atoms with Gasteiger partial charge in [-0.15, -0.1) is 0 Å². The summed E-state index contributed by atoms with van der Waals surface area (Å²) in [4.78, 5) is 11.9. The summed E-state index contributed by atoms with van der Waals surface area (Å²) in [7, 11) is 0. The van der Waals surface area contributed by atoms with Gasteiger partial charge >= 0.3 is 0 Å². The number of carbonyl (C=O) groups is 1. The van der Waals surface area contributed by atoms with Gasteiger partial charge in [-0.3, -0.25) is 4.79 Å². The topological polar surface area (TPSA) is 29.1 Å². The first-order chi connectivity index (χ1) is 9.78. The maximum Gasteiger partial charge on any atom is 0.159 e. The number of ketones is 1. The molecule has 1 aliphatic heterocycles. The Balaban J connectivity index is 2.00. The molecule has 20 heavy (non-hydrogen) atoms. The second-order valence-corrected chi connectivity index (χ2v) is 5.23. The molecule has 0 saturated carbocycles. The third-order valence-corrected chi connectivity index (χ3v) is 3.78. The summed E-state index contributed by atoms with van der Waals surface area (Å²) in [5.41, 5.74) is 2.04. The normalized spacial score (nSPS) is 21.5. The lowest BCUT2D eigenvalue weighted by molar-refractivity contribution is -0.116. The van der Waals surface area contributed by atoms with Gasteiger partial charge in [0.2, 0.25) is 0 Å². The van der Waals surface area contributed by atoms with Gasteiger partial charge in [0.15, 0.2) is 5.78 Å². The van der Waals surface area contributed by atoms with E-state index in [-0.39, 0.29) is 11.3 Å². The molecule has 1 heterocycles. The Morgan fingerprint density at radius 1 is 0.950 bits per heavy atom. The van der Waals surface area contributed by atoms with E-state index in [1.165, 1.54) is 5.56 Å². The minimum atomic E-state index is -0.339. The highest BCUT2D eigenvalue weighted by atomic mass is 16.1. The summed E-state index contributed by atoms with van der Waals surface area (Å²) in [6.07, 6.45) is 4.68. The first-order valence-electron chi connectivity index (χ1n) is 6.85. The van der Waals surface area contributed by atoms with Crippen LogP contribution in [-0.4, -0.2) is 5.78 Å². The maximum absolute atomic E-state index is 11.9. The molecule has 2 aromatic rings. The van der Waals surface area contributed by atoms with E-state index in [0.717, 1.165) is 12.0 Å². The summed E-state index contributed by atoms with van der Waals surface area (Å²) < 4.78 is 0. The van der Waals surface area contributed by atoms with Gasteiger partial charge in [0, 0.05) is 19.0 Å². The maximum atomic E-state index is 11.9. The van der Waals surface area contributed by atoms with Crippen LogP contribution in [0.15, 0.2) is 72.9 Å². The Labute approximate surface area is 119 Å². The van der Waals surface area contributed by atoms with Crippen LogP contribution >= 0.6 is 0 Å². The average molecular weight is 263 g/mol. The van der Waals surface area contributed by atoms with Crippen molar-refractivity contribution in [3.05, 3.63) is 84.1 Å². The van der Waals surface area contributed by atoms with E-state index < -0.39 is 0 Å². The van der Waals surface area contributed by atoms with Crippen molar-refractivity contribution < 1.29 is 4.79 Å². The molecule has 0 radical (unpaired) electrons. The highest BCUT2D eigenvalue weighted by Crippen LogP contribution is 2.31. The molecule has 1 N–H and O–H groups in total. The lowest BCUT2D eigenvalue weighted by Crippen LogP contribution is -2.45. The van der Waals surface area contributed by atoms with E-state index in [1.807, 2.05) is 36.4 Å². The fourth-order valence-corrected chi connectivity index (χ4v) is 2.80. The molecule has 1 atom stereocenters. The molecule has 0 aliphatic carbocycles. The van der Waals surface area contributed by atoms with Crippen molar-refractivity contribution >= 4 is 5.78 Å².